The van der Waals surface area contributed by atoms with Crippen molar-refractivity contribution in [2.45, 2.75) is 13.3 Å². The molecule has 0 unspecified atom stereocenters. The van der Waals surface area contributed by atoms with Gasteiger partial charge >= 0.3 is 0 Å². The first-order valence-electron chi connectivity index (χ1n) is 5.99. The second-order valence-electron chi connectivity index (χ2n) is 4.22. The Kier molecular flexibility index (Phi) is 2.52. The maximum atomic E-state index is 11.9. The van der Waals surface area contributed by atoms with Gasteiger partial charge in [-0.15, -0.1) is 0 Å². The topological polar surface area (TPSA) is 42.2 Å². The number of aryl methyl sites for hydroxylation is 1. The van der Waals surface area contributed by atoms with Crippen LogP contribution in [0.5, 0.6) is 0 Å². The number of fused-ring (bicyclic) bond motifs is 1. The first kappa shape index (κ1) is 10.8. The Balaban J connectivity index is 2.04. The van der Waals surface area contributed by atoms with Crippen molar-refractivity contribution in [3.63, 3.8) is 0 Å². The van der Waals surface area contributed by atoms with Crippen LogP contribution in [0.4, 0.5) is 5.69 Å². The summed E-state index contributed by atoms with van der Waals surface area (Å²) in [6.45, 7) is 2.04. The molecule has 1 N–H and O–H groups in total. The minimum absolute atomic E-state index is 0.0781. The zero-order chi connectivity index (χ0) is 12.5. The molecule has 2 aromatic rings. The van der Waals surface area contributed by atoms with Crippen LogP contribution >= 0.6 is 0 Å². The van der Waals surface area contributed by atoms with Crippen molar-refractivity contribution >= 4 is 23.2 Å². The third-order valence-electron chi connectivity index (χ3n) is 3.03. The molecule has 0 aliphatic carbocycles. The molecular formula is C15H13NO2. The molecule has 0 spiro atoms. The molecule has 1 aromatic carbocycles. The van der Waals surface area contributed by atoms with Gasteiger partial charge in [-0.05, 0) is 24.3 Å². The molecule has 0 fully saturated rings. The molecule has 1 amide bonds. The van der Waals surface area contributed by atoms with Crippen LogP contribution in [0.25, 0.3) is 11.6 Å². The molecule has 18 heavy (non-hydrogen) atoms. The number of hydrogen-bond acceptors (Lipinski definition) is 2. The summed E-state index contributed by atoms with van der Waals surface area (Å²) < 4.78 is 5.60. The molecule has 3 rings (SSSR count). The standard InChI is InChI=1S/C15H13NO2/c1-2-10-7-8-11(18-10)9-13-12-5-3-4-6-14(12)16-15(13)17/h3-9H,2H2,1H3,(H,16,17)/b13-9-. The summed E-state index contributed by atoms with van der Waals surface area (Å²) in [5.41, 5.74) is 2.44. The molecule has 90 valence electrons. The Morgan fingerprint density at radius 3 is 2.83 bits per heavy atom. The Morgan fingerprint density at radius 1 is 1.22 bits per heavy atom. The molecule has 3 heteroatoms. The lowest BCUT2D eigenvalue weighted by Gasteiger charge is -1.95. The number of amides is 1. The van der Waals surface area contributed by atoms with Gasteiger partial charge in [0.05, 0.1) is 5.57 Å². The van der Waals surface area contributed by atoms with Gasteiger partial charge in [-0.3, -0.25) is 4.79 Å². The van der Waals surface area contributed by atoms with E-state index in [0.29, 0.717) is 11.3 Å². The van der Waals surface area contributed by atoms with Crippen molar-refractivity contribution in [3.05, 3.63) is 53.5 Å². The van der Waals surface area contributed by atoms with Gasteiger partial charge in [0, 0.05) is 17.7 Å². The molecular weight excluding hydrogens is 226 g/mol. The van der Waals surface area contributed by atoms with Gasteiger partial charge in [0.2, 0.25) is 0 Å². The van der Waals surface area contributed by atoms with Crippen LogP contribution in [0.15, 0.2) is 40.8 Å². The van der Waals surface area contributed by atoms with Gasteiger partial charge in [-0.2, -0.15) is 0 Å². The maximum absolute atomic E-state index is 11.9. The Labute approximate surface area is 105 Å². The fourth-order valence-corrected chi connectivity index (χ4v) is 2.09. The molecule has 0 radical (unpaired) electrons. The van der Waals surface area contributed by atoms with Crippen molar-refractivity contribution in [1.82, 2.24) is 0 Å². The van der Waals surface area contributed by atoms with E-state index in [1.165, 1.54) is 0 Å². The summed E-state index contributed by atoms with van der Waals surface area (Å²) in [5, 5.41) is 2.84. The first-order chi connectivity index (χ1) is 8.78. The van der Waals surface area contributed by atoms with Crippen LogP contribution in [-0.2, 0) is 11.2 Å². The highest BCUT2D eigenvalue weighted by molar-refractivity contribution is 6.34. The number of hydrogen-bond donors (Lipinski definition) is 1. The third kappa shape index (κ3) is 1.74. The van der Waals surface area contributed by atoms with E-state index in [2.05, 4.69) is 5.32 Å². The lowest BCUT2D eigenvalue weighted by atomic mass is 10.1. The second kappa shape index (κ2) is 4.18. The fraction of sp³-hybridized carbons (Fsp3) is 0.133. The average molecular weight is 239 g/mol. The van der Waals surface area contributed by atoms with Crippen LogP contribution in [-0.4, -0.2) is 5.91 Å². The van der Waals surface area contributed by atoms with Crippen molar-refractivity contribution < 1.29 is 9.21 Å². The van der Waals surface area contributed by atoms with Gasteiger partial charge in [0.15, 0.2) is 0 Å². The van der Waals surface area contributed by atoms with Gasteiger partial charge in [0.25, 0.3) is 5.91 Å². The highest BCUT2D eigenvalue weighted by atomic mass is 16.3. The smallest absolute Gasteiger partial charge is 0.256 e. The summed E-state index contributed by atoms with van der Waals surface area (Å²) in [6, 6.07) is 11.5. The van der Waals surface area contributed by atoms with Crippen LogP contribution in [0.3, 0.4) is 0 Å². The summed E-state index contributed by atoms with van der Waals surface area (Å²) in [5.74, 6) is 1.56. The number of benzene rings is 1. The molecule has 2 heterocycles. The fourth-order valence-electron chi connectivity index (χ4n) is 2.09. The number of anilines is 1. The Bertz CT molecular complexity index is 637. The Morgan fingerprint density at radius 2 is 2.06 bits per heavy atom. The number of rotatable bonds is 2. The molecule has 0 saturated carbocycles. The maximum Gasteiger partial charge on any atom is 0.256 e. The quantitative estimate of drug-likeness (QED) is 0.817. The summed E-state index contributed by atoms with van der Waals surface area (Å²) in [6.07, 6.45) is 2.65. The van der Waals surface area contributed by atoms with E-state index in [0.717, 1.165) is 23.4 Å². The minimum Gasteiger partial charge on any atom is -0.462 e. The molecule has 0 saturated heterocycles. The van der Waals surface area contributed by atoms with Crippen molar-refractivity contribution in [2.75, 3.05) is 5.32 Å². The average Bonchev–Trinajstić information content (AvgIpc) is 2.96. The lowest BCUT2D eigenvalue weighted by Crippen LogP contribution is -2.03. The van der Waals surface area contributed by atoms with E-state index in [1.807, 2.05) is 43.3 Å². The highest BCUT2D eigenvalue weighted by Gasteiger charge is 2.23. The van der Waals surface area contributed by atoms with Gasteiger partial charge in [0.1, 0.15) is 11.5 Å². The number of carbonyl (C=O) groups excluding carboxylic acids is 1. The van der Waals surface area contributed by atoms with Crippen molar-refractivity contribution in [2.24, 2.45) is 0 Å². The van der Waals surface area contributed by atoms with E-state index < -0.39 is 0 Å². The van der Waals surface area contributed by atoms with E-state index in [9.17, 15) is 4.79 Å². The summed E-state index contributed by atoms with van der Waals surface area (Å²) in [7, 11) is 0. The summed E-state index contributed by atoms with van der Waals surface area (Å²) >= 11 is 0. The minimum atomic E-state index is -0.0781. The lowest BCUT2D eigenvalue weighted by molar-refractivity contribution is -0.110. The van der Waals surface area contributed by atoms with E-state index >= 15 is 0 Å². The van der Waals surface area contributed by atoms with Crippen LogP contribution in [0, 0.1) is 0 Å². The first-order valence-corrected chi connectivity index (χ1v) is 5.99. The molecule has 1 aromatic heterocycles. The predicted octanol–water partition coefficient (Wildman–Crippen LogP) is 3.33. The van der Waals surface area contributed by atoms with E-state index in [1.54, 1.807) is 6.08 Å². The zero-order valence-electron chi connectivity index (χ0n) is 10.1. The largest absolute Gasteiger partial charge is 0.462 e. The number of para-hydroxylation sites is 1. The van der Waals surface area contributed by atoms with Gasteiger partial charge in [-0.25, -0.2) is 0 Å². The van der Waals surface area contributed by atoms with E-state index in [4.69, 9.17) is 4.42 Å². The van der Waals surface area contributed by atoms with Crippen molar-refractivity contribution in [3.8, 4) is 0 Å². The summed E-state index contributed by atoms with van der Waals surface area (Å²) in [4.78, 5) is 11.9. The predicted molar refractivity (Wildman–Crippen MR) is 71.0 cm³/mol. The normalized spacial score (nSPS) is 15.8. The Hall–Kier alpha value is -2.29. The highest BCUT2D eigenvalue weighted by Crippen LogP contribution is 2.32. The molecule has 1 aliphatic rings. The number of furan rings is 1. The van der Waals surface area contributed by atoms with Crippen LogP contribution in [0.2, 0.25) is 0 Å². The van der Waals surface area contributed by atoms with Gasteiger partial charge < -0.3 is 9.73 Å². The molecule has 0 atom stereocenters. The van der Waals surface area contributed by atoms with Gasteiger partial charge in [-0.1, -0.05) is 25.1 Å². The third-order valence-corrected chi connectivity index (χ3v) is 3.03. The monoisotopic (exact) mass is 239 g/mol. The van der Waals surface area contributed by atoms with Crippen LogP contribution < -0.4 is 5.32 Å². The SMILES string of the molecule is CCc1ccc(/C=C2\C(=O)Nc3ccccc32)o1. The van der Waals surface area contributed by atoms with E-state index in [-0.39, 0.29) is 5.91 Å². The van der Waals surface area contributed by atoms with Crippen LogP contribution in [0.1, 0.15) is 24.0 Å². The van der Waals surface area contributed by atoms with Crippen molar-refractivity contribution in [1.29, 1.82) is 0 Å². The number of nitrogens with one attached hydrogen (secondary N) is 1. The second-order valence-corrected chi connectivity index (χ2v) is 4.22. The zero-order valence-corrected chi connectivity index (χ0v) is 10.1. The number of carbonyl (C=O) groups is 1. The molecule has 0 bridgehead atoms. The molecule has 1 aliphatic heterocycles. The molecule has 3 nitrogen and oxygen atoms in total.